The van der Waals surface area contributed by atoms with Crippen LogP contribution in [0.15, 0.2) is 140 Å². The van der Waals surface area contributed by atoms with Crippen molar-refractivity contribution >= 4 is 32.3 Å². The summed E-state index contributed by atoms with van der Waals surface area (Å²) in [4.78, 5) is 0. The van der Waals surface area contributed by atoms with Crippen molar-refractivity contribution in [2.45, 2.75) is 6.04 Å². The second-order valence-corrected chi connectivity index (χ2v) is 9.35. The van der Waals surface area contributed by atoms with E-state index in [2.05, 4.69) is 139 Å². The van der Waals surface area contributed by atoms with Crippen LogP contribution in [0.2, 0.25) is 0 Å². The molecular formula is C35H25N. The molecule has 0 spiro atoms. The summed E-state index contributed by atoms with van der Waals surface area (Å²) in [5.41, 5.74) is 6.33. The van der Waals surface area contributed by atoms with E-state index in [4.69, 9.17) is 0 Å². The van der Waals surface area contributed by atoms with Crippen molar-refractivity contribution in [1.82, 2.24) is 5.32 Å². The molecule has 1 aliphatic heterocycles. The second kappa shape index (κ2) is 8.55. The number of hydrogen-bond donors (Lipinski definition) is 1. The van der Waals surface area contributed by atoms with Crippen LogP contribution in [-0.2, 0) is 0 Å². The summed E-state index contributed by atoms with van der Waals surface area (Å²) in [6.07, 6.45) is 8.50. The van der Waals surface area contributed by atoms with Crippen LogP contribution in [0.25, 0.3) is 54.6 Å². The average Bonchev–Trinajstić information content (AvgIpc) is 2.97. The third-order valence-corrected chi connectivity index (χ3v) is 7.31. The van der Waals surface area contributed by atoms with Crippen molar-refractivity contribution < 1.29 is 0 Å². The van der Waals surface area contributed by atoms with Crippen molar-refractivity contribution in [3.8, 4) is 22.3 Å². The maximum Gasteiger partial charge on any atom is 0.0702 e. The first-order chi connectivity index (χ1) is 17.9. The second-order valence-electron chi connectivity index (χ2n) is 9.35. The molecule has 1 atom stereocenters. The molecule has 0 bridgehead atoms. The smallest absolute Gasteiger partial charge is 0.0702 e. The Labute approximate surface area is 211 Å². The van der Waals surface area contributed by atoms with Crippen LogP contribution >= 0.6 is 0 Å². The van der Waals surface area contributed by atoms with Gasteiger partial charge in [0.15, 0.2) is 0 Å². The maximum absolute atomic E-state index is 3.61. The minimum Gasteiger partial charge on any atom is -0.381 e. The molecule has 0 amide bonds. The highest BCUT2D eigenvalue weighted by Gasteiger charge is 2.23. The molecule has 0 fully saturated rings. The molecule has 6 aromatic rings. The van der Waals surface area contributed by atoms with Crippen molar-refractivity contribution in [1.29, 1.82) is 0 Å². The Balaban J connectivity index is 1.77. The summed E-state index contributed by atoms with van der Waals surface area (Å²) in [5, 5.41) is 11.4. The number of hydrogen-bond acceptors (Lipinski definition) is 1. The van der Waals surface area contributed by atoms with Crippen LogP contribution in [0.5, 0.6) is 0 Å². The number of dihydropyridines is 1. The predicted octanol–water partition coefficient (Wildman–Crippen LogP) is 9.19. The first-order valence-electron chi connectivity index (χ1n) is 12.5. The van der Waals surface area contributed by atoms with Crippen LogP contribution in [0.1, 0.15) is 11.6 Å². The lowest BCUT2D eigenvalue weighted by Crippen LogP contribution is -2.16. The Morgan fingerprint density at radius 1 is 0.500 bits per heavy atom. The molecule has 6 aromatic carbocycles. The summed E-state index contributed by atoms with van der Waals surface area (Å²) < 4.78 is 0. The van der Waals surface area contributed by atoms with Crippen molar-refractivity contribution in [3.05, 3.63) is 145 Å². The minimum absolute atomic E-state index is 0.0855. The SMILES string of the molecule is C1=CNC(c2cc(-c3ccccc3)c3c4ccccc4c4ccccc4c3c2-c2ccccc2)C=C1. The number of nitrogens with one attached hydrogen (secondary N) is 1. The molecule has 1 aliphatic rings. The summed E-state index contributed by atoms with van der Waals surface area (Å²) in [7, 11) is 0. The van der Waals surface area contributed by atoms with Gasteiger partial charge >= 0.3 is 0 Å². The van der Waals surface area contributed by atoms with Gasteiger partial charge in [0.1, 0.15) is 0 Å². The molecule has 0 radical (unpaired) electrons. The van der Waals surface area contributed by atoms with Gasteiger partial charge in [-0.2, -0.15) is 0 Å². The Morgan fingerprint density at radius 3 is 1.67 bits per heavy atom. The summed E-state index contributed by atoms with van der Waals surface area (Å²) in [6, 6.07) is 41.9. The van der Waals surface area contributed by atoms with Gasteiger partial charge in [-0.25, -0.2) is 0 Å². The van der Waals surface area contributed by atoms with Gasteiger partial charge in [0.25, 0.3) is 0 Å². The zero-order chi connectivity index (χ0) is 23.9. The zero-order valence-electron chi connectivity index (χ0n) is 19.9. The fraction of sp³-hybridized carbons (Fsp3) is 0.0286. The molecule has 1 nitrogen and oxygen atoms in total. The van der Waals surface area contributed by atoms with Gasteiger partial charge in [-0.3, -0.25) is 0 Å². The van der Waals surface area contributed by atoms with Crippen LogP contribution in [0.4, 0.5) is 0 Å². The third kappa shape index (κ3) is 3.25. The van der Waals surface area contributed by atoms with Crippen LogP contribution in [0, 0.1) is 0 Å². The van der Waals surface area contributed by atoms with E-state index in [0.29, 0.717) is 0 Å². The van der Waals surface area contributed by atoms with Gasteiger partial charge in [-0.15, -0.1) is 0 Å². The molecule has 36 heavy (non-hydrogen) atoms. The van der Waals surface area contributed by atoms with Gasteiger partial charge in [0.05, 0.1) is 6.04 Å². The van der Waals surface area contributed by atoms with Gasteiger partial charge in [-0.05, 0) is 78.5 Å². The molecule has 0 saturated carbocycles. The Bertz CT molecular complexity index is 1790. The lowest BCUT2D eigenvalue weighted by molar-refractivity contribution is 0.749. The zero-order valence-corrected chi connectivity index (χ0v) is 19.9. The summed E-state index contributed by atoms with van der Waals surface area (Å²) in [5.74, 6) is 0. The van der Waals surface area contributed by atoms with Crippen molar-refractivity contribution in [2.75, 3.05) is 0 Å². The Morgan fingerprint density at radius 2 is 1.06 bits per heavy atom. The van der Waals surface area contributed by atoms with Crippen molar-refractivity contribution in [3.63, 3.8) is 0 Å². The van der Waals surface area contributed by atoms with Crippen LogP contribution < -0.4 is 5.32 Å². The Hall–Kier alpha value is -4.62. The van der Waals surface area contributed by atoms with Crippen LogP contribution in [0.3, 0.4) is 0 Å². The molecule has 0 aliphatic carbocycles. The molecular weight excluding hydrogens is 434 g/mol. The molecule has 1 N–H and O–H groups in total. The molecule has 0 saturated heterocycles. The monoisotopic (exact) mass is 459 g/mol. The van der Waals surface area contributed by atoms with Crippen molar-refractivity contribution in [2.24, 2.45) is 0 Å². The van der Waals surface area contributed by atoms with E-state index in [9.17, 15) is 0 Å². The average molecular weight is 460 g/mol. The molecule has 1 heterocycles. The van der Waals surface area contributed by atoms with E-state index in [1.807, 2.05) is 6.20 Å². The largest absolute Gasteiger partial charge is 0.381 e. The van der Waals surface area contributed by atoms with Gasteiger partial charge in [0, 0.05) is 0 Å². The summed E-state index contributed by atoms with van der Waals surface area (Å²) in [6.45, 7) is 0. The summed E-state index contributed by atoms with van der Waals surface area (Å²) >= 11 is 0. The highest BCUT2D eigenvalue weighted by Crippen LogP contribution is 2.47. The molecule has 0 aromatic heterocycles. The fourth-order valence-electron chi connectivity index (χ4n) is 5.77. The number of benzene rings is 6. The number of allylic oxidation sites excluding steroid dienone is 2. The number of fused-ring (bicyclic) bond motifs is 6. The predicted molar refractivity (Wildman–Crippen MR) is 154 cm³/mol. The van der Waals surface area contributed by atoms with Gasteiger partial charge in [-0.1, -0.05) is 121 Å². The van der Waals surface area contributed by atoms with E-state index in [0.717, 1.165) is 0 Å². The lowest BCUT2D eigenvalue weighted by atomic mass is 9.81. The molecule has 1 unspecified atom stereocenters. The van der Waals surface area contributed by atoms with E-state index in [1.54, 1.807) is 0 Å². The van der Waals surface area contributed by atoms with Gasteiger partial charge in [0.2, 0.25) is 0 Å². The van der Waals surface area contributed by atoms with E-state index in [1.165, 1.54) is 60.1 Å². The lowest BCUT2D eigenvalue weighted by Gasteiger charge is -2.25. The highest BCUT2D eigenvalue weighted by atomic mass is 14.9. The third-order valence-electron chi connectivity index (χ3n) is 7.31. The van der Waals surface area contributed by atoms with Crippen LogP contribution in [-0.4, -0.2) is 0 Å². The van der Waals surface area contributed by atoms with E-state index in [-0.39, 0.29) is 6.04 Å². The normalized spacial score (nSPS) is 14.9. The highest BCUT2D eigenvalue weighted by molar-refractivity contribution is 6.31. The maximum atomic E-state index is 3.61. The molecule has 170 valence electrons. The topological polar surface area (TPSA) is 12.0 Å². The van der Waals surface area contributed by atoms with Gasteiger partial charge < -0.3 is 5.32 Å². The minimum atomic E-state index is 0.0855. The molecule has 7 rings (SSSR count). The standard InChI is InChI=1S/C35H25N/c1-3-13-24(14-4-1)30-23-31(32-21-11-12-22-36-32)33(25-15-5-2-6-16-25)35-29-20-10-8-18-27(29)26-17-7-9-19-28(26)34(30)35/h1-23,32,36H. The van der Waals surface area contributed by atoms with E-state index >= 15 is 0 Å². The fourth-order valence-corrected chi connectivity index (χ4v) is 5.77. The first kappa shape index (κ1) is 20.7. The van der Waals surface area contributed by atoms with E-state index < -0.39 is 0 Å². The first-order valence-corrected chi connectivity index (χ1v) is 12.5. The quantitative estimate of drug-likeness (QED) is 0.260. The molecule has 1 heteroatoms. The Kier molecular flexibility index (Phi) is 4.92. The number of rotatable bonds is 3.